The van der Waals surface area contributed by atoms with E-state index in [1.54, 1.807) is 18.2 Å². The van der Waals surface area contributed by atoms with Crippen molar-refractivity contribution >= 4 is 23.1 Å². The molecule has 2 aliphatic heterocycles. The van der Waals surface area contributed by atoms with Gasteiger partial charge in [0.25, 0.3) is 11.8 Å². The average molecular weight is 440 g/mol. The largest absolute Gasteiger partial charge is 0.454 e. The summed E-state index contributed by atoms with van der Waals surface area (Å²) in [6, 6.07) is 19.0. The van der Waals surface area contributed by atoms with Crippen LogP contribution in [0.3, 0.4) is 0 Å². The first-order valence-corrected chi connectivity index (χ1v) is 10.8. The molecule has 0 atom stereocenters. The van der Waals surface area contributed by atoms with Crippen molar-refractivity contribution in [3.63, 3.8) is 0 Å². The minimum atomic E-state index is -0.355. The van der Waals surface area contributed by atoms with Crippen molar-refractivity contribution in [1.82, 2.24) is 4.90 Å². The monoisotopic (exact) mass is 440 g/mol. The van der Waals surface area contributed by atoms with Gasteiger partial charge in [0, 0.05) is 11.8 Å². The summed E-state index contributed by atoms with van der Waals surface area (Å²) in [5, 5.41) is 3.19. The number of hydrogen-bond acceptors (Lipinski definition) is 5. The van der Waals surface area contributed by atoms with E-state index in [1.807, 2.05) is 63.2 Å². The van der Waals surface area contributed by atoms with Crippen molar-refractivity contribution in [2.75, 3.05) is 12.1 Å². The van der Waals surface area contributed by atoms with Gasteiger partial charge < -0.3 is 14.8 Å². The Kier molecular flexibility index (Phi) is 5.13. The zero-order valence-electron chi connectivity index (χ0n) is 18.8. The molecule has 0 saturated carbocycles. The second-order valence-electron chi connectivity index (χ2n) is 8.42. The number of aryl methyl sites for hydroxylation is 3. The van der Waals surface area contributed by atoms with Crippen LogP contribution in [-0.2, 0) is 16.1 Å². The highest BCUT2D eigenvalue weighted by atomic mass is 16.7. The van der Waals surface area contributed by atoms with Gasteiger partial charge >= 0.3 is 0 Å². The van der Waals surface area contributed by atoms with E-state index >= 15 is 0 Å². The number of hydrogen-bond donors (Lipinski definition) is 1. The third kappa shape index (κ3) is 3.84. The molecule has 0 aliphatic carbocycles. The molecule has 1 N–H and O–H groups in total. The Morgan fingerprint density at radius 1 is 0.818 bits per heavy atom. The van der Waals surface area contributed by atoms with Crippen molar-refractivity contribution in [3.05, 3.63) is 94.2 Å². The fraction of sp³-hybridized carbons (Fsp3) is 0.185. The summed E-state index contributed by atoms with van der Waals surface area (Å²) in [6.07, 6.45) is 0. The van der Waals surface area contributed by atoms with E-state index in [9.17, 15) is 9.59 Å². The highest BCUT2D eigenvalue weighted by Gasteiger charge is 2.39. The minimum Gasteiger partial charge on any atom is -0.454 e. The Morgan fingerprint density at radius 2 is 1.58 bits per heavy atom. The molecule has 166 valence electrons. The maximum atomic E-state index is 13.5. The number of carbonyl (C=O) groups is 2. The zero-order chi connectivity index (χ0) is 23.1. The molecular weight excluding hydrogens is 416 g/mol. The second kappa shape index (κ2) is 8.13. The summed E-state index contributed by atoms with van der Waals surface area (Å²) in [6.45, 7) is 6.39. The maximum Gasteiger partial charge on any atom is 0.278 e. The first kappa shape index (κ1) is 20.8. The van der Waals surface area contributed by atoms with Gasteiger partial charge in [0.2, 0.25) is 6.79 Å². The fourth-order valence-corrected chi connectivity index (χ4v) is 4.00. The summed E-state index contributed by atoms with van der Waals surface area (Å²) < 4.78 is 10.8. The molecule has 5 rings (SSSR count). The molecule has 33 heavy (non-hydrogen) atoms. The molecule has 0 bridgehead atoms. The fourth-order valence-electron chi connectivity index (χ4n) is 4.00. The SMILES string of the molecule is Cc1ccc(CN2C(=O)C(Nc3ccc4c(c3)OCO4)=C(c3ccc(C)c(C)c3)C2=O)cc1. The van der Waals surface area contributed by atoms with Gasteiger partial charge in [-0.15, -0.1) is 0 Å². The van der Waals surface area contributed by atoms with Crippen molar-refractivity contribution in [2.45, 2.75) is 27.3 Å². The Balaban J connectivity index is 1.54. The van der Waals surface area contributed by atoms with E-state index in [1.165, 1.54) is 4.90 Å². The summed E-state index contributed by atoms with van der Waals surface area (Å²) in [5.41, 5.74) is 6.18. The van der Waals surface area contributed by atoms with Crippen LogP contribution in [0.4, 0.5) is 5.69 Å². The van der Waals surface area contributed by atoms with Gasteiger partial charge in [-0.25, -0.2) is 0 Å². The molecule has 3 aromatic rings. The van der Waals surface area contributed by atoms with E-state index in [0.29, 0.717) is 28.3 Å². The number of ether oxygens (including phenoxy) is 2. The standard InChI is InChI=1S/C27H24N2O4/c1-16-4-7-19(8-5-16)14-29-26(30)24(20-9-6-17(2)18(3)12-20)25(27(29)31)28-21-10-11-22-23(13-21)33-15-32-22/h4-13,28H,14-15H2,1-3H3. The zero-order valence-corrected chi connectivity index (χ0v) is 18.8. The van der Waals surface area contributed by atoms with E-state index in [4.69, 9.17) is 9.47 Å². The molecule has 0 aromatic heterocycles. The number of nitrogens with zero attached hydrogens (tertiary/aromatic N) is 1. The first-order chi connectivity index (χ1) is 15.9. The molecule has 0 unspecified atom stereocenters. The normalized spacial score (nSPS) is 14.9. The Morgan fingerprint density at radius 3 is 2.33 bits per heavy atom. The molecule has 2 heterocycles. The third-order valence-electron chi connectivity index (χ3n) is 6.07. The van der Waals surface area contributed by atoms with Crippen molar-refractivity contribution < 1.29 is 19.1 Å². The number of anilines is 1. The minimum absolute atomic E-state index is 0.164. The Bertz CT molecular complexity index is 1310. The summed E-state index contributed by atoms with van der Waals surface area (Å²) in [7, 11) is 0. The van der Waals surface area contributed by atoms with Gasteiger partial charge in [-0.2, -0.15) is 0 Å². The lowest BCUT2D eigenvalue weighted by atomic mass is 9.99. The molecule has 0 fully saturated rings. The summed E-state index contributed by atoms with van der Waals surface area (Å²) in [5.74, 6) is 0.582. The molecule has 2 amide bonds. The predicted octanol–water partition coefficient (Wildman–Crippen LogP) is 4.73. The lowest BCUT2D eigenvalue weighted by Gasteiger charge is -2.16. The summed E-state index contributed by atoms with van der Waals surface area (Å²) in [4.78, 5) is 28.3. The van der Waals surface area contributed by atoms with Crippen molar-refractivity contribution in [2.24, 2.45) is 0 Å². The number of nitrogens with one attached hydrogen (secondary N) is 1. The van der Waals surface area contributed by atoms with Gasteiger partial charge in [-0.05, 0) is 55.2 Å². The van der Waals surface area contributed by atoms with Crippen LogP contribution in [0, 0.1) is 20.8 Å². The lowest BCUT2D eigenvalue weighted by molar-refractivity contribution is -0.137. The van der Waals surface area contributed by atoms with E-state index in [0.717, 1.165) is 22.3 Å². The maximum absolute atomic E-state index is 13.5. The third-order valence-corrected chi connectivity index (χ3v) is 6.07. The first-order valence-electron chi connectivity index (χ1n) is 10.8. The molecular formula is C27H24N2O4. The molecule has 6 nitrogen and oxygen atoms in total. The number of benzene rings is 3. The van der Waals surface area contributed by atoms with Crippen LogP contribution in [0.15, 0.2) is 66.4 Å². The van der Waals surface area contributed by atoms with Crippen LogP contribution in [-0.4, -0.2) is 23.5 Å². The van der Waals surface area contributed by atoms with Crippen LogP contribution >= 0.6 is 0 Å². The van der Waals surface area contributed by atoms with Gasteiger partial charge in [0.05, 0.1) is 12.1 Å². The summed E-state index contributed by atoms with van der Waals surface area (Å²) >= 11 is 0. The van der Waals surface area contributed by atoms with Crippen molar-refractivity contribution in [3.8, 4) is 11.5 Å². The van der Waals surface area contributed by atoms with Gasteiger partial charge in [-0.3, -0.25) is 14.5 Å². The van der Waals surface area contributed by atoms with Gasteiger partial charge in [0.1, 0.15) is 5.70 Å². The Labute approximate surface area is 192 Å². The van der Waals surface area contributed by atoms with E-state index in [2.05, 4.69) is 5.32 Å². The second-order valence-corrected chi connectivity index (χ2v) is 8.42. The smallest absolute Gasteiger partial charge is 0.278 e. The molecule has 0 saturated heterocycles. The van der Waals surface area contributed by atoms with E-state index < -0.39 is 0 Å². The van der Waals surface area contributed by atoms with Crippen LogP contribution in [0.5, 0.6) is 11.5 Å². The quantitative estimate of drug-likeness (QED) is 0.581. The molecule has 2 aliphatic rings. The van der Waals surface area contributed by atoms with Gasteiger partial charge in [-0.1, -0.05) is 48.0 Å². The van der Waals surface area contributed by atoms with Crippen molar-refractivity contribution in [1.29, 1.82) is 0 Å². The highest BCUT2D eigenvalue weighted by Crippen LogP contribution is 2.37. The topological polar surface area (TPSA) is 67.9 Å². The number of amides is 2. The number of imide groups is 1. The number of rotatable bonds is 5. The highest BCUT2D eigenvalue weighted by molar-refractivity contribution is 6.36. The van der Waals surface area contributed by atoms with Crippen LogP contribution in [0.2, 0.25) is 0 Å². The molecule has 0 spiro atoms. The Hall–Kier alpha value is -4.06. The van der Waals surface area contributed by atoms with E-state index in [-0.39, 0.29) is 30.8 Å². The molecule has 6 heteroatoms. The molecule has 3 aromatic carbocycles. The average Bonchev–Trinajstić information content (AvgIpc) is 3.35. The molecule has 0 radical (unpaired) electrons. The van der Waals surface area contributed by atoms with Crippen LogP contribution in [0.1, 0.15) is 27.8 Å². The lowest BCUT2D eigenvalue weighted by Crippen LogP contribution is -2.32. The van der Waals surface area contributed by atoms with Crippen LogP contribution < -0.4 is 14.8 Å². The van der Waals surface area contributed by atoms with Crippen LogP contribution in [0.25, 0.3) is 5.57 Å². The number of fused-ring (bicyclic) bond motifs is 1. The van der Waals surface area contributed by atoms with Gasteiger partial charge in [0.15, 0.2) is 11.5 Å². The predicted molar refractivity (Wildman–Crippen MR) is 126 cm³/mol. The number of carbonyl (C=O) groups excluding carboxylic acids is 2.